The summed E-state index contributed by atoms with van der Waals surface area (Å²) < 4.78 is 5.10. The summed E-state index contributed by atoms with van der Waals surface area (Å²) in [6.45, 7) is 7.65. The van der Waals surface area contributed by atoms with Crippen LogP contribution in [0.4, 0.5) is 0 Å². The molecule has 0 bridgehead atoms. The first-order chi connectivity index (χ1) is 7.33. The molecule has 0 amide bonds. The average Bonchev–Trinajstić information content (AvgIpc) is 2.32. The molecule has 82 valence electrons. The average molecular weight is 205 g/mol. The molecule has 2 nitrogen and oxygen atoms in total. The van der Waals surface area contributed by atoms with E-state index in [4.69, 9.17) is 4.74 Å². The Balaban J connectivity index is 0.000000151. The molecule has 0 N–H and O–H groups in total. The topological polar surface area (TPSA) is 12.5 Å². The second kappa shape index (κ2) is 7.21. The maximum absolute atomic E-state index is 5.10. The van der Waals surface area contributed by atoms with E-state index in [1.807, 2.05) is 36.4 Å². The Morgan fingerprint density at radius 1 is 1.20 bits per heavy atom. The number of nitrogens with zero attached hydrogens (tertiary/aromatic N) is 1. The van der Waals surface area contributed by atoms with Gasteiger partial charge in [-0.2, -0.15) is 0 Å². The van der Waals surface area contributed by atoms with Crippen LogP contribution in [0.3, 0.4) is 0 Å². The first-order valence-corrected chi connectivity index (χ1v) is 5.26. The summed E-state index contributed by atoms with van der Waals surface area (Å²) in [5, 5.41) is 0. The van der Waals surface area contributed by atoms with Crippen LogP contribution in [0.5, 0.6) is 0 Å². The van der Waals surface area contributed by atoms with Crippen molar-refractivity contribution in [3.05, 3.63) is 42.5 Å². The Morgan fingerprint density at radius 3 is 2.13 bits per heavy atom. The summed E-state index contributed by atoms with van der Waals surface area (Å²) in [6, 6.07) is 10.0. The van der Waals surface area contributed by atoms with Crippen LogP contribution in [-0.4, -0.2) is 38.3 Å². The third-order valence-electron chi connectivity index (χ3n) is 2.27. The fourth-order valence-electron chi connectivity index (χ4n) is 1.24. The second-order valence-electron chi connectivity index (χ2n) is 3.53. The summed E-state index contributed by atoms with van der Waals surface area (Å²) in [5.41, 5.74) is 1.17. The second-order valence-corrected chi connectivity index (χ2v) is 3.53. The van der Waals surface area contributed by atoms with Gasteiger partial charge in [0.1, 0.15) is 0 Å². The lowest BCUT2D eigenvalue weighted by Crippen LogP contribution is -2.32. The molecule has 1 saturated heterocycles. The van der Waals surface area contributed by atoms with Gasteiger partial charge in [0.2, 0.25) is 0 Å². The van der Waals surface area contributed by atoms with Gasteiger partial charge >= 0.3 is 0 Å². The van der Waals surface area contributed by atoms with Crippen molar-refractivity contribution in [2.24, 2.45) is 0 Å². The number of hydrogen-bond donors (Lipinski definition) is 0. The van der Waals surface area contributed by atoms with Gasteiger partial charge in [0, 0.05) is 13.1 Å². The highest BCUT2D eigenvalue weighted by molar-refractivity contribution is 5.45. The highest BCUT2D eigenvalue weighted by Gasteiger charge is 2.02. The number of morpholine rings is 1. The molecule has 1 aromatic rings. The van der Waals surface area contributed by atoms with Gasteiger partial charge in [0.15, 0.2) is 0 Å². The molecule has 1 aromatic carbocycles. The number of benzene rings is 1. The van der Waals surface area contributed by atoms with Crippen LogP contribution in [0.15, 0.2) is 36.9 Å². The van der Waals surface area contributed by atoms with Gasteiger partial charge in [0.25, 0.3) is 0 Å². The molecule has 0 atom stereocenters. The van der Waals surface area contributed by atoms with Crippen molar-refractivity contribution in [3.8, 4) is 0 Å². The van der Waals surface area contributed by atoms with Crippen molar-refractivity contribution >= 4 is 6.08 Å². The van der Waals surface area contributed by atoms with Crippen molar-refractivity contribution in [3.63, 3.8) is 0 Å². The van der Waals surface area contributed by atoms with Crippen molar-refractivity contribution in [1.82, 2.24) is 4.90 Å². The Bertz CT molecular complexity index is 265. The molecule has 2 heteroatoms. The normalized spacial score (nSPS) is 16.3. The summed E-state index contributed by atoms with van der Waals surface area (Å²) in [4.78, 5) is 2.27. The molecule has 0 spiro atoms. The third-order valence-corrected chi connectivity index (χ3v) is 2.27. The Hall–Kier alpha value is -1.12. The van der Waals surface area contributed by atoms with E-state index in [9.17, 15) is 0 Å². The first kappa shape index (κ1) is 12.0. The molecule has 0 aliphatic carbocycles. The van der Waals surface area contributed by atoms with Crippen molar-refractivity contribution in [2.45, 2.75) is 0 Å². The van der Waals surface area contributed by atoms with Crippen LogP contribution in [0, 0.1) is 0 Å². The van der Waals surface area contributed by atoms with Gasteiger partial charge in [-0.15, -0.1) is 0 Å². The SMILES string of the molecule is C=Cc1ccccc1.CN1CCOCC1. The molecule has 0 saturated carbocycles. The van der Waals surface area contributed by atoms with E-state index >= 15 is 0 Å². The number of hydrogen-bond acceptors (Lipinski definition) is 2. The molecular formula is C13H19NO. The maximum atomic E-state index is 5.10. The van der Waals surface area contributed by atoms with Gasteiger partial charge in [-0.3, -0.25) is 0 Å². The van der Waals surface area contributed by atoms with Gasteiger partial charge in [-0.05, 0) is 12.6 Å². The predicted molar refractivity (Wildman–Crippen MR) is 64.8 cm³/mol. The van der Waals surface area contributed by atoms with Crippen LogP contribution < -0.4 is 0 Å². The number of likely N-dealkylation sites (N-methyl/N-ethyl adjacent to an activating group) is 1. The summed E-state index contributed by atoms with van der Waals surface area (Å²) in [7, 11) is 2.11. The molecule has 1 aliphatic rings. The fraction of sp³-hybridized carbons (Fsp3) is 0.385. The Morgan fingerprint density at radius 2 is 1.80 bits per heavy atom. The van der Waals surface area contributed by atoms with E-state index in [0.717, 1.165) is 26.3 Å². The summed E-state index contributed by atoms with van der Waals surface area (Å²) >= 11 is 0. The maximum Gasteiger partial charge on any atom is 0.0594 e. The lowest BCUT2D eigenvalue weighted by atomic mass is 10.2. The standard InChI is InChI=1S/C8H8.C5H11NO/c1-2-8-6-4-3-5-7-8;1-6-2-4-7-5-3-6/h2-7H,1H2;2-5H2,1H3. The molecule has 2 rings (SSSR count). The quantitative estimate of drug-likeness (QED) is 0.697. The summed E-state index contributed by atoms with van der Waals surface area (Å²) in [6.07, 6.45) is 1.83. The van der Waals surface area contributed by atoms with Crippen molar-refractivity contribution in [2.75, 3.05) is 33.4 Å². The van der Waals surface area contributed by atoms with Gasteiger partial charge in [-0.25, -0.2) is 0 Å². The number of ether oxygens (including phenoxy) is 1. The zero-order valence-corrected chi connectivity index (χ0v) is 9.36. The predicted octanol–water partition coefficient (Wildman–Crippen LogP) is 2.28. The van der Waals surface area contributed by atoms with E-state index in [2.05, 4.69) is 18.5 Å². The van der Waals surface area contributed by atoms with E-state index in [1.54, 1.807) is 0 Å². The molecular weight excluding hydrogens is 186 g/mol. The smallest absolute Gasteiger partial charge is 0.0594 e. The van der Waals surface area contributed by atoms with Crippen molar-refractivity contribution < 1.29 is 4.74 Å². The van der Waals surface area contributed by atoms with Crippen LogP contribution in [0.25, 0.3) is 6.08 Å². The van der Waals surface area contributed by atoms with E-state index in [-0.39, 0.29) is 0 Å². The minimum atomic E-state index is 0.913. The highest BCUT2D eigenvalue weighted by atomic mass is 16.5. The van der Waals surface area contributed by atoms with Crippen LogP contribution in [0.2, 0.25) is 0 Å². The first-order valence-electron chi connectivity index (χ1n) is 5.26. The molecule has 1 aliphatic heterocycles. The van der Waals surface area contributed by atoms with Gasteiger partial charge in [-0.1, -0.05) is 43.0 Å². The van der Waals surface area contributed by atoms with E-state index < -0.39 is 0 Å². The van der Waals surface area contributed by atoms with Gasteiger partial charge < -0.3 is 9.64 Å². The number of rotatable bonds is 1. The zero-order valence-electron chi connectivity index (χ0n) is 9.36. The lowest BCUT2D eigenvalue weighted by molar-refractivity contribution is 0.0503. The van der Waals surface area contributed by atoms with Crippen LogP contribution >= 0.6 is 0 Å². The van der Waals surface area contributed by atoms with Gasteiger partial charge in [0.05, 0.1) is 13.2 Å². The zero-order chi connectivity index (χ0) is 10.9. The van der Waals surface area contributed by atoms with E-state index in [0.29, 0.717) is 0 Å². The lowest BCUT2D eigenvalue weighted by Gasteiger charge is -2.21. The molecule has 0 unspecified atom stereocenters. The summed E-state index contributed by atoms with van der Waals surface area (Å²) in [5.74, 6) is 0. The molecule has 15 heavy (non-hydrogen) atoms. The van der Waals surface area contributed by atoms with Crippen molar-refractivity contribution in [1.29, 1.82) is 0 Å². The molecule has 0 aromatic heterocycles. The highest BCUT2D eigenvalue weighted by Crippen LogP contribution is 1.97. The van der Waals surface area contributed by atoms with Crippen LogP contribution in [-0.2, 0) is 4.74 Å². The minimum Gasteiger partial charge on any atom is -0.379 e. The largest absolute Gasteiger partial charge is 0.379 e. The molecule has 1 heterocycles. The Labute approximate surface area is 92.2 Å². The molecule has 1 fully saturated rings. The Kier molecular flexibility index (Phi) is 5.74. The fourth-order valence-corrected chi connectivity index (χ4v) is 1.24. The van der Waals surface area contributed by atoms with E-state index in [1.165, 1.54) is 5.56 Å². The minimum absolute atomic E-state index is 0.913. The molecule has 0 radical (unpaired) electrons. The third kappa shape index (κ3) is 5.35. The monoisotopic (exact) mass is 205 g/mol. The van der Waals surface area contributed by atoms with Crippen LogP contribution in [0.1, 0.15) is 5.56 Å².